The molecule has 0 saturated carbocycles. The molecule has 1 heterocycles. The van der Waals surface area contributed by atoms with Gasteiger partial charge in [-0.05, 0) is 30.5 Å². The smallest absolute Gasteiger partial charge is 0.214 e. The topological polar surface area (TPSA) is 58.9 Å². The molecule has 2 aromatic carbocycles. The van der Waals surface area contributed by atoms with Crippen LogP contribution >= 0.6 is 0 Å². The van der Waals surface area contributed by atoms with Crippen molar-refractivity contribution in [2.45, 2.75) is 19.8 Å². The van der Waals surface area contributed by atoms with Crippen molar-refractivity contribution in [3.8, 4) is 0 Å². The lowest BCUT2D eigenvalue weighted by atomic mass is 9.90. The Morgan fingerprint density at radius 3 is 2.55 bits per heavy atom. The summed E-state index contributed by atoms with van der Waals surface area (Å²) in [6.07, 6.45) is 1.91. The molecule has 4 heteroatoms. The molecule has 0 aliphatic heterocycles. The molecule has 3 rings (SSSR count). The van der Waals surface area contributed by atoms with E-state index in [4.69, 9.17) is 0 Å². The van der Waals surface area contributed by atoms with Gasteiger partial charge < -0.3 is 4.98 Å². The van der Waals surface area contributed by atoms with Crippen LogP contribution in [0.15, 0.2) is 48.7 Å². The van der Waals surface area contributed by atoms with Crippen LogP contribution in [0.5, 0.6) is 0 Å². The SMILES string of the molecule is Cc1ccc([C@H](C[N+](=O)[O-])c2c[nH]c3c(C)cccc23)cc1. The third-order valence-electron chi connectivity index (χ3n) is 4.14. The first kappa shape index (κ1) is 14.3. The van der Waals surface area contributed by atoms with Gasteiger partial charge in [-0.25, -0.2) is 0 Å². The molecule has 0 spiro atoms. The first-order valence-electron chi connectivity index (χ1n) is 7.31. The molecule has 1 N–H and O–H groups in total. The summed E-state index contributed by atoms with van der Waals surface area (Å²) >= 11 is 0. The average molecular weight is 294 g/mol. The molecule has 0 saturated heterocycles. The molecule has 0 amide bonds. The molecular weight excluding hydrogens is 276 g/mol. The lowest BCUT2D eigenvalue weighted by molar-refractivity contribution is -0.481. The minimum atomic E-state index is -0.244. The highest BCUT2D eigenvalue weighted by atomic mass is 16.6. The zero-order chi connectivity index (χ0) is 15.7. The quantitative estimate of drug-likeness (QED) is 0.579. The largest absolute Gasteiger partial charge is 0.361 e. The van der Waals surface area contributed by atoms with Crippen LogP contribution in [-0.4, -0.2) is 16.5 Å². The summed E-state index contributed by atoms with van der Waals surface area (Å²) in [5.41, 5.74) is 5.31. The maximum Gasteiger partial charge on any atom is 0.214 e. The van der Waals surface area contributed by atoms with Crippen molar-refractivity contribution < 1.29 is 4.92 Å². The third kappa shape index (κ3) is 2.60. The van der Waals surface area contributed by atoms with E-state index in [1.54, 1.807) is 0 Å². The number of aromatic amines is 1. The predicted octanol–water partition coefficient (Wildman–Crippen LogP) is 4.19. The molecule has 0 bridgehead atoms. The second-order valence-electron chi connectivity index (χ2n) is 5.72. The zero-order valence-corrected chi connectivity index (χ0v) is 12.7. The molecule has 1 atom stereocenters. The summed E-state index contributed by atoms with van der Waals surface area (Å²) in [7, 11) is 0. The van der Waals surface area contributed by atoms with E-state index < -0.39 is 0 Å². The lowest BCUT2D eigenvalue weighted by Crippen LogP contribution is -2.13. The molecule has 0 aliphatic carbocycles. The molecule has 0 radical (unpaired) electrons. The monoisotopic (exact) mass is 294 g/mol. The standard InChI is InChI=1S/C18H18N2O2/c1-12-6-8-14(9-7-12)17(11-20(21)22)16-10-19-18-13(2)4-3-5-15(16)18/h3-10,17,19H,11H2,1-2H3/t17-/m0/s1. The van der Waals surface area contributed by atoms with Crippen LogP contribution in [0.2, 0.25) is 0 Å². The number of nitro groups is 1. The zero-order valence-electron chi connectivity index (χ0n) is 12.7. The number of H-pyrrole nitrogens is 1. The van der Waals surface area contributed by atoms with Gasteiger partial charge in [-0.2, -0.15) is 0 Å². The normalized spacial score (nSPS) is 12.5. The van der Waals surface area contributed by atoms with Crippen molar-refractivity contribution >= 4 is 10.9 Å². The van der Waals surface area contributed by atoms with E-state index in [1.807, 2.05) is 62.5 Å². The van der Waals surface area contributed by atoms with Crippen LogP contribution in [0.25, 0.3) is 10.9 Å². The second kappa shape index (κ2) is 5.64. The number of benzene rings is 2. The summed E-state index contributed by atoms with van der Waals surface area (Å²) in [6, 6.07) is 14.0. The summed E-state index contributed by atoms with van der Waals surface area (Å²) in [5, 5.41) is 12.2. The third-order valence-corrected chi connectivity index (χ3v) is 4.14. The van der Waals surface area contributed by atoms with E-state index in [0.717, 1.165) is 33.2 Å². The number of para-hydroxylation sites is 1. The van der Waals surface area contributed by atoms with Gasteiger partial charge in [0.05, 0.1) is 5.92 Å². The molecule has 0 aliphatic rings. The highest BCUT2D eigenvalue weighted by Crippen LogP contribution is 2.32. The van der Waals surface area contributed by atoms with Crippen molar-refractivity contribution in [1.29, 1.82) is 0 Å². The molecule has 4 nitrogen and oxygen atoms in total. The van der Waals surface area contributed by atoms with Gasteiger partial charge in [0.15, 0.2) is 0 Å². The van der Waals surface area contributed by atoms with Gasteiger partial charge in [-0.3, -0.25) is 10.1 Å². The number of aryl methyl sites for hydroxylation is 2. The maximum absolute atomic E-state index is 11.1. The second-order valence-corrected chi connectivity index (χ2v) is 5.72. The highest BCUT2D eigenvalue weighted by Gasteiger charge is 2.23. The summed E-state index contributed by atoms with van der Waals surface area (Å²) in [6.45, 7) is 3.95. The fourth-order valence-corrected chi connectivity index (χ4v) is 2.95. The van der Waals surface area contributed by atoms with E-state index in [0.29, 0.717) is 0 Å². The Hall–Kier alpha value is -2.62. The number of aromatic nitrogens is 1. The first-order chi connectivity index (χ1) is 10.6. The minimum absolute atomic E-state index is 0.107. The Balaban J connectivity index is 2.14. The Morgan fingerprint density at radius 1 is 1.14 bits per heavy atom. The van der Waals surface area contributed by atoms with E-state index in [1.165, 1.54) is 0 Å². The van der Waals surface area contributed by atoms with Gasteiger partial charge in [-0.1, -0.05) is 48.0 Å². The summed E-state index contributed by atoms with van der Waals surface area (Å²) < 4.78 is 0. The van der Waals surface area contributed by atoms with Crippen LogP contribution in [0.1, 0.15) is 28.2 Å². The molecule has 0 fully saturated rings. The minimum Gasteiger partial charge on any atom is -0.361 e. The summed E-state index contributed by atoms with van der Waals surface area (Å²) in [5.74, 6) is -0.244. The van der Waals surface area contributed by atoms with Crippen molar-refractivity contribution in [1.82, 2.24) is 4.98 Å². The van der Waals surface area contributed by atoms with E-state index in [-0.39, 0.29) is 17.4 Å². The Labute approximate surface area is 128 Å². The summed E-state index contributed by atoms with van der Waals surface area (Å²) in [4.78, 5) is 14.2. The molecule has 22 heavy (non-hydrogen) atoms. The number of fused-ring (bicyclic) bond motifs is 1. The average Bonchev–Trinajstić information content (AvgIpc) is 2.91. The fourth-order valence-electron chi connectivity index (χ4n) is 2.95. The van der Waals surface area contributed by atoms with Crippen molar-refractivity contribution in [3.05, 3.63) is 81.0 Å². The maximum atomic E-state index is 11.1. The Kier molecular flexibility index (Phi) is 3.67. The van der Waals surface area contributed by atoms with Gasteiger partial charge in [0.25, 0.3) is 0 Å². The Bertz CT molecular complexity index is 819. The predicted molar refractivity (Wildman–Crippen MR) is 87.9 cm³/mol. The Morgan fingerprint density at radius 2 is 1.86 bits per heavy atom. The molecule has 1 aromatic heterocycles. The molecular formula is C18H18N2O2. The number of nitrogens with one attached hydrogen (secondary N) is 1. The van der Waals surface area contributed by atoms with E-state index >= 15 is 0 Å². The molecule has 3 aromatic rings. The van der Waals surface area contributed by atoms with Crippen molar-refractivity contribution in [3.63, 3.8) is 0 Å². The van der Waals surface area contributed by atoms with Gasteiger partial charge in [0.2, 0.25) is 6.54 Å². The van der Waals surface area contributed by atoms with Crippen molar-refractivity contribution in [2.24, 2.45) is 0 Å². The number of hydrogen-bond donors (Lipinski definition) is 1. The number of hydrogen-bond acceptors (Lipinski definition) is 2. The van der Waals surface area contributed by atoms with E-state index in [2.05, 4.69) is 4.98 Å². The van der Waals surface area contributed by atoms with Crippen molar-refractivity contribution in [2.75, 3.05) is 6.54 Å². The van der Waals surface area contributed by atoms with Gasteiger partial charge >= 0.3 is 0 Å². The van der Waals surface area contributed by atoms with Gasteiger partial charge in [0, 0.05) is 22.0 Å². The fraction of sp³-hybridized carbons (Fsp3) is 0.222. The van der Waals surface area contributed by atoms with Crippen LogP contribution in [0.3, 0.4) is 0 Å². The van der Waals surface area contributed by atoms with Crippen LogP contribution < -0.4 is 0 Å². The number of nitrogens with zero attached hydrogens (tertiary/aromatic N) is 1. The van der Waals surface area contributed by atoms with Gasteiger partial charge in [0.1, 0.15) is 0 Å². The number of rotatable bonds is 4. The van der Waals surface area contributed by atoms with Crippen LogP contribution in [0, 0.1) is 24.0 Å². The van der Waals surface area contributed by atoms with Crippen LogP contribution in [0.4, 0.5) is 0 Å². The molecule has 0 unspecified atom stereocenters. The lowest BCUT2D eigenvalue weighted by Gasteiger charge is -2.13. The molecule has 112 valence electrons. The van der Waals surface area contributed by atoms with Crippen LogP contribution in [-0.2, 0) is 0 Å². The first-order valence-corrected chi connectivity index (χ1v) is 7.31. The van der Waals surface area contributed by atoms with E-state index in [9.17, 15) is 10.1 Å². The highest BCUT2D eigenvalue weighted by molar-refractivity contribution is 5.86. The van der Waals surface area contributed by atoms with Gasteiger partial charge in [-0.15, -0.1) is 0 Å².